The van der Waals surface area contributed by atoms with Gasteiger partial charge in [0.1, 0.15) is 0 Å². The zero-order chi connectivity index (χ0) is 11.7. The van der Waals surface area contributed by atoms with Gasteiger partial charge in [0.25, 0.3) is 5.91 Å². The average molecular weight is 216 g/mol. The van der Waals surface area contributed by atoms with Gasteiger partial charge in [0.15, 0.2) is 0 Å². The van der Waals surface area contributed by atoms with E-state index in [4.69, 9.17) is 5.73 Å². The summed E-state index contributed by atoms with van der Waals surface area (Å²) in [6.07, 6.45) is 0. The van der Waals surface area contributed by atoms with E-state index < -0.39 is 0 Å². The van der Waals surface area contributed by atoms with E-state index >= 15 is 0 Å². The first kappa shape index (κ1) is 10.7. The van der Waals surface area contributed by atoms with Crippen molar-refractivity contribution >= 4 is 11.5 Å². The average Bonchev–Trinajstić information content (AvgIpc) is 2.56. The summed E-state index contributed by atoms with van der Waals surface area (Å²) in [6.45, 7) is 4.54. The Kier molecular flexibility index (Phi) is 2.69. The SMILES string of the molecule is CC(C)N1CC(N)=C(c2ccccc2)C1=O. The summed E-state index contributed by atoms with van der Waals surface area (Å²) < 4.78 is 0. The molecule has 0 aliphatic carbocycles. The van der Waals surface area contributed by atoms with Crippen LogP contribution in [-0.4, -0.2) is 23.4 Å². The van der Waals surface area contributed by atoms with Crippen LogP contribution >= 0.6 is 0 Å². The fourth-order valence-corrected chi connectivity index (χ4v) is 1.95. The lowest BCUT2D eigenvalue weighted by atomic mass is 10.1. The minimum Gasteiger partial charge on any atom is -0.400 e. The number of carbonyl (C=O) groups is 1. The van der Waals surface area contributed by atoms with Crippen molar-refractivity contribution in [3.63, 3.8) is 0 Å². The van der Waals surface area contributed by atoms with E-state index in [1.54, 1.807) is 4.90 Å². The molecule has 0 saturated carbocycles. The van der Waals surface area contributed by atoms with E-state index in [1.807, 2.05) is 44.2 Å². The normalized spacial score (nSPS) is 16.4. The van der Waals surface area contributed by atoms with Crippen molar-refractivity contribution in [1.82, 2.24) is 4.90 Å². The van der Waals surface area contributed by atoms with Crippen LogP contribution in [0.1, 0.15) is 19.4 Å². The molecule has 0 unspecified atom stereocenters. The number of amides is 1. The molecule has 0 saturated heterocycles. The molecular formula is C13H16N2O. The van der Waals surface area contributed by atoms with Gasteiger partial charge in [0.2, 0.25) is 0 Å². The van der Waals surface area contributed by atoms with E-state index in [1.165, 1.54) is 0 Å². The molecule has 0 bridgehead atoms. The maximum atomic E-state index is 12.1. The van der Waals surface area contributed by atoms with Gasteiger partial charge in [-0.1, -0.05) is 30.3 Å². The summed E-state index contributed by atoms with van der Waals surface area (Å²) in [5, 5.41) is 0. The molecular weight excluding hydrogens is 200 g/mol. The Bertz CT molecular complexity index is 435. The van der Waals surface area contributed by atoms with Crippen molar-refractivity contribution in [2.75, 3.05) is 6.54 Å². The number of hydrogen-bond donors (Lipinski definition) is 1. The Hall–Kier alpha value is -1.77. The topological polar surface area (TPSA) is 46.3 Å². The molecule has 1 heterocycles. The first-order valence-electron chi connectivity index (χ1n) is 5.46. The third kappa shape index (κ3) is 1.69. The van der Waals surface area contributed by atoms with Crippen molar-refractivity contribution in [1.29, 1.82) is 0 Å². The molecule has 1 aromatic rings. The highest BCUT2D eigenvalue weighted by atomic mass is 16.2. The molecule has 1 aromatic carbocycles. The first-order chi connectivity index (χ1) is 7.61. The van der Waals surface area contributed by atoms with Gasteiger partial charge in [-0.25, -0.2) is 0 Å². The predicted molar refractivity (Wildman–Crippen MR) is 64.4 cm³/mol. The lowest BCUT2D eigenvalue weighted by Crippen LogP contribution is -2.33. The van der Waals surface area contributed by atoms with Crippen molar-refractivity contribution in [3.05, 3.63) is 41.6 Å². The van der Waals surface area contributed by atoms with E-state index in [0.717, 1.165) is 5.56 Å². The van der Waals surface area contributed by atoms with Gasteiger partial charge in [0, 0.05) is 11.7 Å². The Balaban J connectivity index is 2.36. The first-order valence-corrected chi connectivity index (χ1v) is 5.46. The van der Waals surface area contributed by atoms with Crippen LogP contribution in [0.25, 0.3) is 5.57 Å². The molecule has 1 aliphatic heterocycles. The Morgan fingerprint density at radius 3 is 2.38 bits per heavy atom. The molecule has 2 rings (SSSR count). The number of rotatable bonds is 2. The summed E-state index contributed by atoms with van der Waals surface area (Å²) in [6, 6.07) is 9.79. The molecule has 0 aromatic heterocycles. The summed E-state index contributed by atoms with van der Waals surface area (Å²) in [7, 11) is 0. The Labute approximate surface area is 95.6 Å². The van der Waals surface area contributed by atoms with Crippen molar-refractivity contribution in [2.45, 2.75) is 19.9 Å². The van der Waals surface area contributed by atoms with E-state index in [2.05, 4.69) is 0 Å². The number of carbonyl (C=O) groups excluding carboxylic acids is 1. The smallest absolute Gasteiger partial charge is 0.256 e. The van der Waals surface area contributed by atoms with Crippen LogP contribution in [0.2, 0.25) is 0 Å². The second kappa shape index (κ2) is 4.00. The maximum absolute atomic E-state index is 12.1. The van der Waals surface area contributed by atoms with Crippen LogP contribution in [-0.2, 0) is 4.79 Å². The predicted octanol–water partition coefficient (Wildman–Crippen LogP) is 1.61. The quantitative estimate of drug-likeness (QED) is 0.816. The molecule has 0 atom stereocenters. The molecule has 2 N–H and O–H groups in total. The highest BCUT2D eigenvalue weighted by Crippen LogP contribution is 2.26. The van der Waals surface area contributed by atoms with E-state index in [9.17, 15) is 4.79 Å². The number of hydrogen-bond acceptors (Lipinski definition) is 2. The van der Waals surface area contributed by atoms with Crippen LogP contribution in [0.15, 0.2) is 36.0 Å². The van der Waals surface area contributed by atoms with Gasteiger partial charge in [0.05, 0.1) is 12.1 Å². The largest absolute Gasteiger partial charge is 0.400 e. The van der Waals surface area contributed by atoms with Crippen molar-refractivity contribution in [3.8, 4) is 0 Å². The van der Waals surface area contributed by atoms with Crippen LogP contribution < -0.4 is 5.73 Å². The number of nitrogens with zero attached hydrogens (tertiary/aromatic N) is 1. The monoisotopic (exact) mass is 216 g/mol. The standard InChI is InChI=1S/C13H16N2O/c1-9(2)15-8-11(14)12(13(15)16)10-6-4-3-5-7-10/h3-7,9H,8,14H2,1-2H3. The van der Waals surface area contributed by atoms with Gasteiger partial charge < -0.3 is 10.6 Å². The molecule has 1 aliphatic rings. The van der Waals surface area contributed by atoms with Crippen LogP contribution in [0.5, 0.6) is 0 Å². The zero-order valence-electron chi connectivity index (χ0n) is 9.60. The van der Waals surface area contributed by atoms with Gasteiger partial charge >= 0.3 is 0 Å². The van der Waals surface area contributed by atoms with Gasteiger partial charge in [-0.15, -0.1) is 0 Å². The highest BCUT2D eigenvalue weighted by molar-refractivity contribution is 6.22. The van der Waals surface area contributed by atoms with Gasteiger partial charge in [-0.3, -0.25) is 4.79 Å². The third-order valence-corrected chi connectivity index (χ3v) is 2.82. The molecule has 0 radical (unpaired) electrons. The minimum atomic E-state index is 0.0405. The second-order valence-corrected chi connectivity index (χ2v) is 4.29. The molecule has 0 fully saturated rings. The van der Waals surface area contributed by atoms with Crippen LogP contribution in [0, 0.1) is 0 Å². The van der Waals surface area contributed by atoms with Crippen molar-refractivity contribution in [2.24, 2.45) is 5.73 Å². The van der Waals surface area contributed by atoms with E-state index in [0.29, 0.717) is 17.8 Å². The third-order valence-electron chi connectivity index (χ3n) is 2.82. The lowest BCUT2D eigenvalue weighted by molar-refractivity contribution is -0.125. The molecule has 3 heteroatoms. The molecule has 0 spiro atoms. The summed E-state index contributed by atoms with van der Waals surface area (Å²) >= 11 is 0. The molecule has 1 amide bonds. The van der Waals surface area contributed by atoms with Crippen LogP contribution in [0.3, 0.4) is 0 Å². The zero-order valence-corrected chi connectivity index (χ0v) is 9.60. The molecule has 16 heavy (non-hydrogen) atoms. The minimum absolute atomic E-state index is 0.0405. The van der Waals surface area contributed by atoms with Crippen LogP contribution in [0.4, 0.5) is 0 Å². The lowest BCUT2D eigenvalue weighted by Gasteiger charge is -2.20. The number of nitrogens with two attached hydrogens (primary N) is 1. The Morgan fingerprint density at radius 2 is 1.88 bits per heavy atom. The summed E-state index contributed by atoms with van der Waals surface area (Å²) in [5.74, 6) is 0.0405. The molecule has 3 nitrogen and oxygen atoms in total. The second-order valence-electron chi connectivity index (χ2n) is 4.29. The van der Waals surface area contributed by atoms with Gasteiger partial charge in [-0.2, -0.15) is 0 Å². The highest BCUT2D eigenvalue weighted by Gasteiger charge is 2.31. The fourth-order valence-electron chi connectivity index (χ4n) is 1.95. The fraction of sp³-hybridized carbons (Fsp3) is 0.308. The van der Waals surface area contributed by atoms with E-state index in [-0.39, 0.29) is 11.9 Å². The van der Waals surface area contributed by atoms with Gasteiger partial charge in [-0.05, 0) is 19.4 Å². The Morgan fingerprint density at radius 1 is 1.25 bits per heavy atom. The number of benzene rings is 1. The summed E-state index contributed by atoms with van der Waals surface area (Å²) in [5.41, 5.74) is 8.19. The maximum Gasteiger partial charge on any atom is 0.256 e. The molecule has 84 valence electrons. The summed E-state index contributed by atoms with van der Waals surface area (Å²) in [4.78, 5) is 13.9. The van der Waals surface area contributed by atoms with Crippen molar-refractivity contribution < 1.29 is 4.79 Å².